The number of hydrogen-bond acceptors (Lipinski definition) is 4. The number of halogens is 4. The Kier molecular flexibility index (Phi) is 3.96. The number of fused-ring (bicyclic) bond motifs is 1. The Labute approximate surface area is 138 Å². The maximum absolute atomic E-state index is 12.7. The van der Waals surface area contributed by atoms with Gasteiger partial charge in [0.15, 0.2) is 5.13 Å². The molecule has 0 saturated carbocycles. The highest BCUT2D eigenvalue weighted by Gasteiger charge is 2.30. The van der Waals surface area contributed by atoms with Crippen LogP contribution >= 0.6 is 38.6 Å². The molecule has 0 atom stereocenters. The van der Waals surface area contributed by atoms with Crippen molar-refractivity contribution in [1.82, 2.24) is 4.98 Å². The number of aromatic nitrogens is 1. The number of alkyl halides is 3. The minimum Gasteiger partial charge on any atom is -0.297 e. The molecule has 9 heteroatoms. The van der Waals surface area contributed by atoms with Crippen molar-refractivity contribution in [2.75, 3.05) is 5.32 Å². The molecule has 0 aliphatic rings. The second-order valence-corrected chi connectivity index (χ2v) is 7.75. The lowest BCUT2D eigenvalue weighted by Crippen LogP contribution is -2.09. The summed E-state index contributed by atoms with van der Waals surface area (Å²) in [7, 11) is 0. The SMILES string of the molecule is O=C(Nc1nc2ccc(C(F)(F)F)cc2s1)c1ccc(Br)s1. The lowest BCUT2D eigenvalue weighted by Gasteiger charge is -2.04. The van der Waals surface area contributed by atoms with E-state index < -0.39 is 11.7 Å². The van der Waals surface area contributed by atoms with Crippen LogP contribution in [-0.2, 0) is 6.18 Å². The van der Waals surface area contributed by atoms with E-state index in [4.69, 9.17) is 0 Å². The van der Waals surface area contributed by atoms with Crippen LogP contribution in [0.15, 0.2) is 34.1 Å². The van der Waals surface area contributed by atoms with E-state index >= 15 is 0 Å². The highest BCUT2D eigenvalue weighted by atomic mass is 79.9. The van der Waals surface area contributed by atoms with Gasteiger partial charge in [-0.2, -0.15) is 13.2 Å². The maximum Gasteiger partial charge on any atom is 0.416 e. The van der Waals surface area contributed by atoms with Crippen molar-refractivity contribution in [3.63, 3.8) is 0 Å². The number of carbonyl (C=O) groups excluding carboxylic acids is 1. The average molecular weight is 407 g/mol. The summed E-state index contributed by atoms with van der Waals surface area (Å²) in [5.41, 5.74) is -0.315. The summed E-state index contributed by atoms with van der Waals surface area (Å²) in [6, 6.07) is 6.70. The topological polar surface area (TPSA) is 42.0 Å². The zero-order chi connectivity index (χ0) is 15.9. The van der Waals surface area contributed by atoms with Crippen molar-refractivity contribution in [2.45, 2.75) is 6.18 Å². The van der Waals surface area contributed by atoms with E-state index in [0.29, 0.717) is 15.1 Å². The van der Waals surface area contributed by atoms with Gasteiger partial charge in [-0.1, -0.05) is 11.3 Å². The van der Waals surface area contributed by atoms with Crippen LogP contribution in [0.2, 0.25) is 0 Å². The number of rotatable bonds is 2. The Balaban J connectivity index is 1.87. The first kappa shape index (κ1) is 15.4. The Morgan fingerprint density at radius 3 is 2.59 bits per heavy atom. The zero-order valence-electron chi connectivity index (χ0n) is 10.6. The molecule has 3 nitrogen and oxygen atoms in total. The van der Waals surface area contributed by atoms with E-state index in [2.05, 4.69) is 26.2 Å². The summed E-state index contributed by atoms with van der Waals surface area (Å²) in [6.07, 6.45) is -4.40. The number of anilines is 1. The van der Waals surface area contributed by atoms with Gasteiger partial charge in [0.2, 0.25) is 0 Å². The summed E-state index contributed by atoms with van der Waals surface area (Å²) >= 11 is 5.53. The molecule has 0 unspecified atom stereocenters. The highest BCUT2D eigenvalue weighted by Crippen LogP contribution is 2.34. The van der Waals surface area contributed by atoms with E-state index in [1.807, 2.05) is 0 Å². The van der Waals surface area contributed by atoms with Gasteiger partial charge in [-0.15, -0.1) is 11.3 Å². The molecule has 2 heterocycles. The quantitative estimate of drug-likeness (QED) is 0.619. The number of nitrogens with zero attached hydrogens (tertiary/aromatic N) is 1. The van der Waals surface area contributed by atoms with Crippen molar-refractivity contribution in [2.24, 2.45) is 0 Å². The minimum absolute atomic E-state index is 0.267. The number of thiazole rings is 1. The Bertz CT molecular complexity index is 856. The standard InChI is InChI=1S/C13H6BrF3N2OS2/c14-10-4-3-8(21-10)11(20)19-12-18-7-2-1-6(13(15,16)17)5-9(7)22-12/h1-5H,(H,18,19,20). The van der Waals surface area contributed by atoms with Crippen LogP contribution in [0, 0.1) is 0 Å². The predicted molar refractivity (Wildman–Crippen MR) is 84.6 cm³/mol. The average Bonchev–Trinajstić information content (AvgIpc) is 3.02. The van der Waals surface area contributed by atoms with Crippen LogP contribution in [0.25, 0.3) is 10.2 Å². The van der Waals surface area contributed by atoms with E-state index in [0.717, 1.165) is 27.3 Å². The number of thiophene rings is 1. The molecule has 1 aromatic carbocycles. The van der Waals surface area contributed by atoms with Crippen LogP contribution in [-0.4, -0.2) is 10.9 Å². The number of benzene rings is 1. The van der Waals surface area contributed by atoms with Crippen molar-refractivity contribution in [3.05, 3.63) is 44.6 Å². The van der Waals surface area contributed by atoms with Crippen molar-refractivity contribution in [1.29, 1.82) is 0 Å². The van der Waals surface area contributed by atoms with Gasteiger partial charge in [-0.3, -0.25) is 10.1 Å². The van der Waals surface area contributed by atoms with E-state index in [9.17, 15) is 18.0 Å². The molecule has 0 aliphatic carbocycles. The Morgan fingerprint density at radius 2 is 1.95 bits per heavy atom. The molecule has 0 bridgehead atoms. The molecule has 0 saturated heterocycles. The van der Waals surface area contributed by atoms with Crippen molar-refractivity contribution in [3.8, 4) is 0 Å². The van der Waals surface area contributed by atoms with Gasteiger partial charge in [0.1, 0.15) is 0 Å². The summed E-state index contributed by atoms with van der Waals surface area (Å²) in [6.45, 7) is 0. The number of nitrogens with one attached hydrogen (secondary N) is 1. The smallest absolute Gasteiger partial charge is 0.297 e. The summed E-state index contributed by atoms with van der Waals surface area (Å²) in [5, 5.41) is 2.86. The molecular weight excluding hydrogens is 401 g/mol. The molecule has 0 aliphatic heterocycles. The Hall–Kier alpha value is -1.45. The molecule has 0 spiro atoms. The molecule has 1 N–H and O–H groups in total. The number of carbonyl (C=O) groups is 1. The molecule has 3 aromatic rings. The normalized spacial score (nSPS) is 11.8. The lowest BCUT2D eigenvalue weighted by molar-refractivity contribution is -0.137. The van der Waals surface area contributed by atoms with E-state index in [1.54, 1.807) is 12.1 Å². The number of amides is 1. The Morgan fingerprint density at radius 1 is 1.18 bits per heavy atom. The van der Waals surface area contributed by atoms with E-state index in [1.165, 1.54) is 17.4 Å². The monoisotopic (exact) mass is 406 g/mol. The first-order valence-electron chi connectivity index (χ1n) is 5.87. The lowest BCUT2D eigenvalue weighted by atomic mass is 10.2. The fourth-order valence-corrected chi connectivity index (χ4v) is 3.93. The van der Waals surface area contributed by atoms with Gasteiger partial charge in [-0.25, -0.2) is 4.98 Å². The third kappa shape index (κ3) is 3.16. The van der Waals surface area contributed by atoms with Crippen LogP contribution < -0.4 is 5.32 Å². The number of hydrogen-bond donors (Lipinski definition) is 1. The van der Waals surface area contributed by atoms with Crippen LogP contribution in [0.1, 0.15) is 15.2 Å². The summed E-state index contributed by atoms with van der Waals surface area (Å²) < 4.78 is 39.2. The first-order chi connectivity index (χ1) is 10.3. The largest absolute Gasteiger partial charge is 0.416 e. The van der Waals surface area contributed by atoms with Crippen LogP contribution in [0.3, 0.4) is 0 Å². The molecule has 114 valence electrons. The van der Waals surface area contributed by atoms with Gasteiger partial charge in [0.05, 0.1) is 24.4 Å². The van der Waals surface area contributed by atoms with Crippen LogP contribution in [0.5, 0.6) is 0 Å². The molecule has 0 fully saturated rings. The predicted octanol–water partition coefficient (Wildman–Crippen LogP) is 5.39. The second-order valence-electron chi connectivity index (χ2n) is 4.26. The first-order valence-corrected chi connectivity index (χ1v) is 8.30. The van der Waals surface area contributed by atoms with Crippen molar-refractivity contribution >= 4 is 59.9 Å². The third-order valence-electron chi connectivity index (χ3n) is 2.73. The molecule has 3 rings (SSSR count). The highest BCUT2D eigenvalue weighted by molar-refractivity contribution is 9.11. The van der Waals surface area contributed by atoms with Gasteiger partial charge in [-0.05, 0) is 46.3 Å². The minimum atomic E-state index is -4.40. The zero-order valence-corrected chi connectivity index (χ0v) is 13.8. The van der Waals surface area contributed by atoms with Gasteiger partial charge < -0.3 is 0 Å². The van der Waals surface area contributed by atoms with Gasteiger partial charge in [0, 0.05) is 0 Å². The maximum atomic E-state index is 12.7. The molecular formula is C13H6BrF3N2OS2. The summed E-state index contributed by atoms with van der Waals surface area (Å²) in [4.78, 5) is 16.6. The third-order valence-corrected chi connectivity index (χ3v) is 5.29. The molecule has 22 heavy (non-hydrogen) atoms. The second kappa shape index (κ2) is 5.64. The van der Waals surface area contributed by atoms with E-state index in [-0.39, 0.29) is 11.0 Å². The van der Waals surface area contributed by atoms with Crippen LogP contribution in [0.4, 0.5) is 18.3 Å². The van der Waals surface area contributed by atoms with Gasteiger partial charge in [0.25, 0.3) is 5.91 Å². The fraction of sp³-hybridized carbons (Fsp3) is 0.0769. The molecule has 0 radical (unpaired) electrons. The summed E-state index contributed by atoms with van der Waals surface area (Å²) in [5.74, 6) is -0.342. The molecule has 1 amide bonds. The fourth-order valence-electron chi connectivity index (χ4n) is 1.75. The van der Waals surface area contributed by atoms with Crippen molar-refractivity contribution < 1.29 is 18.0 Å². The van der Waals surface area contributed by atoms with Gasteiger partial charge >= 0.3 is 6.18 Å². The molecule has 2 aromatic heterocycles.